The number of rotatable bonds is 5. The predicted octanol–water partition coefficient (Wildman–Crippen LogP) is 4.39. The van der Waals surface area contributed by atoms with Gasteiger partial charge in [-0.25, -0.2) is 4.98 Å². The fourth-order valence-corrected chi connectivity index (χ4v) is 4.13. The first-order valence-corrected chi connectivity index (χ1v) is 10.2. The van der Waals surface area contributed by atoms with E-state index in [-0.39, 0.29) is 24.0 Å². The molecule has 0 unspecified atom stereocenters. The highest BCUT2D eigenvalue weighted by Crippen LogP contribution is 2.31. The Morgan fingerprint density at radius 3 is 2.60 bits per heavy atom. The maximum absolute atomic E-state index is 5.99. The fourth-order valence-electron chi connectivity index (χ4n) is 3.20. The average molecular weight is 536 g/mol. The van der Waals surface area contributed by atoms with Crippen molar-refractivity contribution in [3.63, 3.8) is 0 Å². The van der Waals surface area contributed by atoms with Crippen molar-refractivity contribution >= 4 is 51.5 Å². The molecule has 0 atom stereocenters. The van der Waals surface area contributed by atoms with E-state index in [2.05, 4.69) is 38.7 Å². The van der Waals surface area contributed by atoms with E-state index in [4.69, 9.17) is 4.42 Å². The smallest absolute Gasteiger partial charge is 0.191 e. The van der Waals surface area contributed by atoms with Crippen LogP contribution in [-0.4, -0.2) is 27.8 Å². The van der Waals surface area contributed by atoms with Crippen LogP contribution in [0.15, 0.2) is 45.8 Å². The molecule has 0 aliphatic heterocycles. The molecule has 0 aliphatic rings. The van der Waals surface area contributed by atoms with Crippen LogP contribution in [0.3, 0.4) is 0 Å². The number of aliphatic imine (C=N–C) groups is 1. The first-order chi connectivity index (χ1) is 14.0. The van der Waals surface area contributed by atoms with Crippen LogP contribution in [0.5, 0.6) is 0 Å². The summed E-state index contributed by atoms with van der Waals surface area (Å²) in [6.45, 7) is 5.29. The Hall–Kier alpha value is -2.40. The van der Waals surface area contributed by atoms with E-state index in [1.165, 1.54) is 5.56 Å². The number of benzene rings is 1. The van der Waals surface area contributed by atoms with E-state index in [0.717, 1.165) is 38.1 Å². The number of para-hydroxylation sites is 1. The summed E-state index contributed by atoms with van der Waals surface area (Å²) in [4.78, 5) is 8.94. The minimum Gasteiger partial charge on any atom is -0.457 e. The Morgan fingerprint density at radius 2 is 1.90 bits per heavy atom. The molecule has 0 bridgehead atoms. The van der Waals surface area contributed by atoms with Gasteiger partial charge in [-0.3, -0.25) is 9.67 Å². The molecule has 30 heavy (non-hydrogen) atoms. The van der Waals surface area contributed by atoms with Gasteiger partial charge in [0.25, 0.3) is 0 Å². The van der Waals surface area contributed by atoms with Gasteiger partial charge >= 0.3 is 0 Å². The van der Waals surface area contributed by atoms with Crippen LogP contribution in [0.25, 0.3) is 21.0 Å². The Kier molecular flexibility index (Phi) is 7.14. The molecule has 4 rings (SSSR count). The third-order valence-electron chi connectivity index (χ3n) is 4.91. The Bertz CT molecular complexity index is 1140. The van der Waals surface area contributed by atoms with Crippen molar-refractivity contribution in [2.75, 3.05) is 7.05 Å². The highest BCUT2D eigenvalue weighted by molar-refractivity contribution is 14.0. The van der Waals surface area contributed by atoms with Crippen LogP contribution >= 0.6 is 35.3 Å². The van der Waals surface area contributed by atoms with Gasteiger partial charge < -0.3 is 15.1 Å². The Labute approximate surface area is 196 Å². The quantitative estimate of drug-likeness (QED) is 0.225. The van der Waals surface area contributed by atoms with Crippen LogP contribution in [0.4, 0.5) is 0 Å². The molecule has 9 heteroatoms. The number of furan rings is 1. The van der Waals surface area contributed by atoms with Gasteiger partial charge in [-0.05, 0) is 38.1 Å². The summed E-state index contributed by atoms with van der Waals surface area (Å²) in [5, 5.41) is 12.0. The second kappa shape index (κ2) is 9.61. The van der Waals surface area contributed by atoms with Crippen molar-refractivity contribution in [1.29, 1.82) is 0 Å². The zero-order chi connectivity index (χ0) is 20.4. The van der Waals surface area contributed by atoms with Gasteiger partial charge in [0.1, 0.15) is 5.76 Å². The van der Waals surface area contributed by atoms with Crippen LogP contribution in [0.2, 0.25) is 0 Å². The topological polar surface area (TPSA) is 80.3 Å². The molecule has 7 nitrogen and oxygen atoms in total. The van der Waals surface area contributed by atoms with Crippen LogP contribution in [0.1, 0.15) is 22.7 Å². The summed E-state index contributed by atoms with van der Waals surface area (Å²) in [6.07, 6.45) is 0. The molecular weight excluding hydrogens is 511 g/mol. The molecule has 4 aromatic rings. The number of halogens is 1. The van der Waals surface area contributed by atoms with Crippen molar-refractivity contribution in [3.8, 4) is 10.8 Å². The zero-order valence-corrected chi connectivity index (χ0v) is 20.5. The van der Waals surface area contributed by atoms with Crippen LogP contribution in [-0.2, 0) is 20.1 Å². The molecule has 0 amide bonds. The normalized spacial score (nSPS) is 11.5. The molecule has 0 saturated heterocycles. The molecule has 0 spiro atoms. The van der Waals surface area contributed by atoms with Crippen LogP contribution in [0, 0.1) is 13.8 Å². The van der Waals surface area contributed by atoms with Gasteiger partial charge in [0.05, 0.1) is 22.5 Å². The average Bonchev–Trinajstić information content (AvgIpc) is 3.41. The second-order valence-corrected chi connectivity index (χ2v) is 7.84. The third kappa shape index (κ3) is 4.67. The predicted molar refractivity (Wildman–Crippen MR) is 132 cm³/mol. The number of guanidine groups is 1. The van der Waals surface area contributed by atoms with E-state index < -0.39 is 0 Å². The van der Waals surface area contributed by atoms with Gasteiger partial charge in [0.2, 0.25) is 0 Å². The third-order valence-corrected chi connectivity index (χ3v) is 5.96. The number of thiazole rings is 1. The molecule has 0 saturated carbocycles. The number of hydrogen-bond donors (Lipinski definition) is 2. The molecule has 3 aromatic heterocycles. The minimum atomic E-state index is 0. The zero-order valence-electron chi connectivity index (χ0n) is 17.4. The number of nitrogens with one attached hydrogen (secondary N) is 2. The van der Waals surface area contributed by atoms with Crippen molar-refractivity contribution in [2.24, 2.45) is 12.0 Å². The Morgan fingerprint density at radius 1 is 1.13 bits per heavy atom. The summed E-state index contributed by atoms with van der Waals surface area (Å²) in [7, 11) is 3.71. The first-order valence-electron chi connectivity index (χ1n) is 9.43. The van der Waals surface area contributed by atoms with Crippen molar-refractivity contribution < 1.29 is 4.42 Å². The lowest BCUT2D eigenvalue weighted by Crippen LogP contribution is -2.36. The lowest BCUT2D eigenvalue weighted by atomic mass is 10.2. The number of aryl methyl sites for hydroxylation is 2. The maximum atomic E-state index is 5.99. The van der Waals surface area contributed by atoms with Gasteiger partial charge in [-0.2, -0.15) is 5.10 Å². The van der Waals surface area contributed by atoms with E-state index in [1.54, 1.807) is 18.4 Å². The Balaban J connectivity index is 0.00000256. The molecule has 0 fully saturated rings. The molecule has 0 radical (unpaired) electrons. The minimum absolute atomic E-state index is 0. The van der Waals surface area contributed by atoms with Gasteiger partial charge in [0.15, 0.2) is 16.7 Å². The monoisotopic (exact) mass is 536 g/mol. The lowest BCUT2D eigenvalue weighted by molar-refractivity contribution is 0.513. The largest absolute Gasteiger partial charge is 0.457 e. The fraction of sp³-hybridized carbons (Fsp3) is 0.286. The molecule has 3 heterocycles. The van der Waals surface area contributed by atoms with Crippen molar-refractivity contribution in [2.45, 2.75) is 26.9 Å². The SMILES string of the molecule is CN=C(NCc1ccc(-c2nc3ccccc3s2)o1)NCc1c(C)nn(C)c1C.I. The van der Waals surface area contributed by atoms with Crippen LogP contribution < -0.4 is 10.6 Å². The van der Waals surface area contributed by atoms with E-state index in [0.29, 0.717) is 19.0 Å². The summed E-state index contributed by atoms with van der Waals surface area (Å²) in [6, 6.07) is 12.0. The number of aromatic nitrogens is 3. The molecule has 158 valence electrons. The molecule has 2 N–H and O–H groups in total. The first kappa shape index (κ1) is 22.3. The van der Waals surface area contributed by atoms with E-state index in [1.807, 2.05) is 49.0 Å². The summed E-state index contributed by atoms with van der Waals surface area (Å²) in [5.41, 5.74) is 4.36. The number of nitrogens with zero attached hydrogens (tertiary/aromatic N) is 4. The lowest BCUT2D eigenvalue weighted by Gasteiger charge is -2.11. The van der Waals surface area contributed by atoms with E-state index in [9.17, 15) is 0 Å². The van der Waals surface area contributed by atoms with Crippen molar-refractivity contribution in [3.05, 3.63) is 59.1 Å². The van der Waals surface area contributed by atoms with Crippen molar-refractivity contribution in [1.82, 2.24) is 25.4 Å². The number of hydrogen-bond acceptors (Lipinski definition) is 5. The van der Waals surface area contributed by atoms with E-state index >= 15 is 0 Å². The molecule has 1 aromatic carbocycles. The van der Waals surface area contributed by atoms with Gasteiger partial charge in [0, 0.05) is 31.9 Å². The highest BCUT2D eigenvalue weighted by Gasteiger charge is 2.12. The number of fused-ring (bicyclic) bond motifs is 1. The summed E-state index contributed by atoms with van der Waals surface area (Å²) < 4.78 is 9.04. The summed E-state index contributed by atoms with van der Waals surface area (Å²) in [5.74, 6) is 2.33. The maximum Gasteiger partial charge on any atom is 0.191 e. The molecular formula is C21H25IN6OS. The summed E-state index contributed by atoms with van der Waals surface area (Å²) >= 11 is 1.63. The standard InChI is InChI=1S/C21H24N6OS.HI/c1-13-16(14(2)27(4)26-13)12-24-21(22-3)23-11-15-9-10-18(28-15)20-25-17-7-5-6-8-19(17)29-20;/h5-10H,11-12H2,1-4H3,(H2,22,23,24);1H. The van der Waals surface area contributed by atoms with Gasteiger partial charge in [-0.1, -0.05) is 12.1 Å². The molecule has 0 aliphatic carbocycles. The van der Waals surface area contributed by atoms with Gasteiger partial charge in [-0.15, -0.1) is 35.3 Å². The highest BCUT2D eigenvalue weighted by atomic mass is 127. The second-order valence-electron chi connectivity index (χ2n) is 6.81.